The van der Waals surface area contributed by atoms with Crippen molar-refractivity contribution in [1.82, 2.24) is 20.7 Å². The first-order valence-corrected chi connectivity index (χ1v) is 11.0. The van der Waals surface area contributed by atoms with Crippen LogP contribution < -0.4 is 20.4 Å². The topological polar surface area (TPSA) is 94.2 Å². The van der Waals surface area contributed by atoms with Crippen LogP contribution in [0.25, 0.3) is 0 Å². The summed E-state index contributed by atoms with van der Waals surface area (Å²) in [7, 11) is 1.53. The predicted octanol–water partition coefficient (Wildman–Crippen LogP) is 1.97. The molecule has 10 heteroatoms. The van der Waals surface area contributed by atoms with Crippen molar-refractivity contribution in [1.29, 1.82) is 0 Å². The number of piperazine rings is 1. The Bertz CT molecular complexity index is 1070. The summed E-state index contributed by atoms with van der Waals surface area (Å²) < 4.78 is 5.22. The summed E-state index contributed by atoms with van der Waals surface area (Å²) >= 11 is 6.08. The van der Waals surface area contributed by atoms with E-state index < -0.39 is 23.4 Å². The van der Waals surface area contributed by atoms with Crippen LogP contribution in [0.5, 0.6) is 5.75 Å². The molecule has 0 spiro atoms. The van der Waals surface area contributed by atoms with E-state index in [1.54, 1.807) is 31.2 Å². The lowest BCUT2D eigenvalue weighted by molar-refractivity contribution is -0.139. The number of urea groups is 1. The largest absolute Gasteiger partial charge is 0.497 e. The zero-order valence-corrected chi connectivity index (χ0v) is 19.3. The molecular weight excluding hydrogens is 446 g/mol. The zero-order valence-electron chi connectivity index (χ0n) is 18.5. The minimum absolute atomic E-state index is 0.0797. The number of amides is 4. The van der Waals surface area contributed by atoms with Crippen LogP contribution in [0.1, 0.15) is 12.5 Å². The number of nitrogens with zero attached hydrogens (tertiary/aromatic N) is 3. The fourth-order valence-corrected chi connectivity index (χ4v) is 4.26. The number of anilines is 1. The highest BCUT2D eigenvalue weighted by Crippen LogP contribution is 2.30. The second kappa shape index (κ2) is 9.29. The van der Waals surface area contributed by atoms with Crippen LogP contribution in [0.15, 0.2) is 48.5 Å². The van der Waals surface area contributed by atoms with Gasteiger partial charge in [-0.15, -0.1) is 0 Å². The number of imide groups is 1. The average Bonchev–Trinajstić information content (AvgIpc) is 3.03. The fourth-order valence-electron chi connectivity index (χ4n) is 4.07. The molecule has 2 heterocycles. The van der Waals surface area contributed by atoms with Crippen LogP contribution in [0, 0.1) is 0 Å². The van der Waals surface area contributed by atoms with Gasteiger partial charge in [0.05, 0.1) is 13.7 Å². The SMILES string of the molecule is COc1cccc(C2(C)NC(=O)N(NC(=O)CN3CCN(c4cccc(Cl)c4)CC3)C2=O)c1. The van der Waals surface area contributed by atoms with E-state index in [1.165, 1.54) is 7.11 Å². The number of halogens is 1. The van der Waals surface area contributed by atoms with Crippen LogP contribution in [0.2, 0.25) is 5.02 Å². The lowest BCUT2D eigenvalue weighted by atomic mass is 9.92. The number of rotatable bonds is 6. The van der Waals surface area contributed by atoms with E-state index in [9.17, 15) is 14.4 Å². The van der Waals surface area contributed by atoms with Crippen molar-refractivity contribution in [3.8, 4) is 5.75 Å². The first-order chi connectivity index (χ1) is 15.8. The smallest absolute Gasteiger partial charge is 0.344 e. The van der Waals surface area contributed by atoms with E-state index in [-0.39, 0.29) is 6.54 Å². The van der Waals surface area contributed by atoms with Gasteiger partial charge >= 0.3 is 6.03 Å². The van der Waals surface area contributed by atoms with Gasteiger partial charge < -0.3 is 15.0 Å². The van der Waals surface area contributed by atoms with E-state index in [0.29, 0.717) is 29.4 Å². The number of hydrogen-bond acceptors (Lipinski definition) is 6. The highest BCUT2D eigenvalue weighted by atomic mass is 35.5. The second-order valence-electron chi connectivity index (χ2n) is 8.21. The van der Waals surface area contributed by atoms with Gasteiger partial charge in [0.1, 0.15) is 11.3 Å². The van der Waals surface area contributed by atoms with Crippen molar-refractivity contribution in [2.75, 3.05) is 44.7 Å². The Kier molecular flexibility index (Phi) is 6.44. The Morgan fingerprint density at radius 1 is 1.12 bits per heavy atom. The Morgan fingerprint density at radius 3 is 2.55 bits per heavy atom. The normalized spacial score (nSPS) is 21.2. The Hall–Kier alpha value is -3.30. The zero-order chi connectivity index (χ0) is 23.6. The third kappa shape index (κ3) is 4.74. The lowest BCUT2D eigenvalue weighted by Crippen LogP contribution is -2.53. The highest BCUT2D eigenvalue weighted by Gasteiger charge is 2.50. The van der Waals surface area contributed by atoms with Gasteiger partial charge in [-0.3, -0.25) is 19.9 Å². The molecule has 2 saturated heterocycles. The maximum Gasteiger partial charge on any atom is 0.344 e. The molecule has 2 fully saturated rings. The molecule has 2 N–H and O–H groups in total. The first-order valence-electron chi connectivity index (χ1n) is 10.6. The summed E-state index contributed by atoms with van der Waals surface area (Å²) in [5.41, 5.74) is 2.76. The van der Waals surface area contributed by atoms with E-state index in [4.69, 9.17) is 16.3 Å². The van der Waals surface area contributed by atoms with Crippen LogP contribution in [0.4, 0.5) is 10.5 Å². The molecule has 0 aromatic heterocycles. The molecule has 0 radical (unpaired) electrons. The van der Waals surface area contributed by atoms with Gasteiger partial charge in [-0.2, -0.15) is 5.01 Å². The van der Waals surface area contributed by atoms with Crippen LogP contribution in [-0.4, -0.2) is 67.6 Å². The summed E-state index contributed by atoms with van der Waals surface area (Å²) in [6.07, 6.45) is 0. The third-order valence-corrected chi connectivity index (χ3v) is 6.22. The van der Waals surface area contributed by atoms with Gasteiger partial charge in [0.2, 0.25) is 0 Å². The number of carbonyl (C=O) groups is 3. The maximum atomic E-state index is 13.0. The first kappa shape index (κ1) is 22.9. The van der Waals surface area contributed by atoms with Crippen molar-refractivity contribution in [3.05, 3.63) is 59.1 Å². The van der Waals surface area contributed by atoms with E-state index >= 15 is 0 Å². The minimum Gasteiger partial charge on any atom is -0.497 e. The fraction of sp³-hybridized carbons (Fsp3) is 0.348. The summed E-state index contributed by atoms with van der Waals surface area (Å²) in [4.78, 5) is 42.4. The van der Waals surface area contributed by atoms with Gasteiger partial charge in [-0.05, 0) is 42.8 Å². The molecule has 0 saturated carbocycles. The van der Waals surface area contributed by atoms with Crippen molar-refractivity contribution in [3.63, 3.8) is 0 Å². The van der Waals surface area contributed by atoms with Crippen LogP contribution >= 0.6 is 11.6 Å². The van der Waals surface area contributed by atoms with Gasteiger partial charge in [0.25, 0.3) is 11.8 Å². The number of methoxy groups -OCH3 is 1. The molecule has 2 aromatic rings. The molecule has 33 heavy (non-hydrogen) atoms. The van der Waals surface area contributed by atoms with Crippen LogP contribution in [0.3, 0.4) is 0 Å². The number of benzene rings is 2. The Labute approximate surface area is 197 Å². The van der Waals surface area contributed by atoms with E-state index in [0.717, 1.165) is 23.8 Å². The van der Waals surface area contributed by atoms with Crippen molar-refractivity contribution in [2.24, 2.45) is 0 Å². The minimum atomic E-state index is -1.30. The summed E-state index contributed by atoms with van der Waals surface area (Å²) in [6, 6.07) is 13.9. The summed E-state index contributed by atoms with van der Waals surface area (Å²) in [5, 5.41) is 4.11. The number of hydrazine groups is 1. The van der Waals surface area contributed by atoms with Gasteiger partial charge in [-0.1, -0.05) is 29.8 Å². The highest BCUT2D eigenvalue weighted by molar-refractivity contribution is 6.30. The van der Waals surface area contributed by atoms with Crippen LogP contribution in [-0.2, 0) is 15.1 Å². The lowest BCUT2D eigenvalue weighted by Gasteiger charge is -2.35. The molecule has 1 atom stereocenters. The molecule has 0 aliphatic carbocycles. The molecule has 2 aromatic carbocycles. The van der Waals surface area contributed by atoms with Crippen molar-refractivity contribution in [2.45, 2.75) is 12.5 Å². The van der Waals surface area contributed by atoms with Gasteiger partial charge in [-0.25, -0.2) is 4.79 Å². The molecule has 9 nitrogen and oxygen atoms in total. The maximum absolute atomic E-state index is 13.0. The van der Waals surface area contributed by atoms with E-state index in [2.05, 4.69) is 15.6 Å². The van der Waals surface area contributed by atoms with Crippen molar-refractivity contribution < 1.29 is 19.1 Å². The second-order valence-corrected chi connectivity index (χ2v) is 8.64. The number of hydrogen-bond donors (Lipinski definition) is 2. The molecule has 0 bridgehead atoms. The molecule has 2 aliphatic rings. The number of ether oxygens (including phenoxy) is 1. The van der Waals surface area contributed by atoms with Gasteiger partial charge in [0.15, 0.2) is 0 Å². The monoisotopic (exact) mass is 471 g/mol. The Balaban J connectivity index is 1.34. The third-order valence-electron chi connectivity index (χ3n) is 5.99. The molecule has 2 aliphatic heterocycles. The Morgan fingerprint density at radius 2 is 1.85 bits per heavy atom. The van der Waals surface area contributed by atoms with Crippen molar-refractivity contribution >= 4 is 35.1 Å². The van der Waals surface area contributed by atoms with Gasteiger partial charge in [0, 0.05) is 36.9 Å². The summed E-state index contributed by atoms with van der Waals surface area (Å²) in [5.74, 6) is -0.417. The molecular formula is C23H26ClN5O4. The number of nitrogens with one attached hydrogen (secondary N) is 2. The molecule has 1 unspecified atom stereocenters. The quantitative estimate of drug-likeness (QED) is 0.626. The molecule has 174 valence electrons. The average molecular weight is 472 g/mol. The number of carbonyl (C=O) groups excluding carboxylic acids is 3. The predicted molar refractivity (Wildman–Crippen MR) is 124 cm³/mol. The van der Waals surface area contributed by atoms with E-state index in [1.807, 2.05) is 29.2 Å². The molecule has 4 amide bonds. The molecule has 4 rings (SSSR count). The summed E-state index contributed by atoms with van der Waals surface area (Å²) in [6.45, 7) is 4.50. The standard InChI is InChI=1S/C23H26ClN5O4/c1-23(16-5-3-8-19(13-16)33-2)21(31)29(22(32)25-23)26-20(30)15-27-9-11-28(12-10-27)18-7-4-6-17(24)14-18/h3-8,13-14H,9-12,15H2,1-2H3,(H,25,32)(H,26,30).